The number of anilines is 1. The van der Waals surface area contributed by atoms with E-state index in [1.807, 2.05) is 30.5 Å². The molecule has 2 aromatic heterocycles. The fraction of sp³-hybridized carbons (Fsp3) is 0.435. The minimum absolute atomic E-state index is 0.0565. The van der Waals surface area contributed by atoms with Crippen LogP contribution in [0, 0.1) is 18.7 Å². The first-order valence-electron chi connectivity index (χ1n) is 10.6. The van der Waals surface area contributed by atoms with Crippen LogP contribution in [-0.2, 0) is 4.79 Å². The van der Waals surface area contributed by atoms with Gasteiger partial charge in [-0.05, 0) is 57.4 Å². The van der Waals surface area contributed by atoms with Crippen molar-refractivity contribution in [2.24, 2.45) is 5.92 Å². The van der Waals surface area contributed by atoms with Gasteiger partial charge in [0.2, 0.25) is 5.91 Å². The van der Waals surface area contributed by atoms with Crippen LogP contribution in [0.1, 0.15) is 38.8 Å². The van der Waals surface area contributed by atoms with E-state index in [0.29, 0.717) is 0 Å². The molecule has 1 amide bonds. The summed E-state index contributed by atoms with van der Waals surface area (Å²) in [5.41, 5.74) is 3.30. The number of aryl methyl sites for hydroxylation is 1. The van der Waals surface area contributed by atoms with Gasteiger partial charge in [0.15, 0.2) is 5.65 Å². The van der Waals surface area contributed by atoms with Crippen LogP contribution in [0.3, 0.4) is 0 Å². The van der Waals surface area contributed by atoms with Crippen LogP contribution < -0.4 is 10.2 Å². The van der Waals surface area contributed by atoms with Crippen molar-refractivity contribution in [3.63, 3.8) is 0 Å². The van der Waals surface area contributed by atoms with Gasteiger partial charge in [0.05, 0.1) is 5.69 Å². The molecule has 1 unspecified atom stereocenters. The highest BCUT2D eigenvalue weighted by atomic mass is 19.1. The van der Waals surface area contributed by atoms with Crippen molar-refractivity contribution in [2.75, 3.05) is 18.0 Å². The summed E-state index contributed by atoms with van der Waals surface area (Å²) in [6.45, 7) is 7.68. The van der Waals surface area contributed by atoms with Crippen molar-refractivity contribution in [3.8, 4) is 11.3 Å². The maximum absolute atomic E-state index is 13.3. The van der Waals surface area contributed by atoms with Crippen LogP contribution >= 0.6 is 0 Å². The van der Waals surface area contributed by atoms with Crippen LogP contribution in [0.5, 0.6) is 0 Å². The SMILES string of the molecule is CCC(C)NC(=O)C1CCN(c2cc(C)nc3cc(-c4ccc(F)cc4)nn23)CC1. The Morgan fingerprint density at radius 1 is 1.23 bits per heavy atom. The number of hydrogen-bond acceptors (Lipinski definition) is 4. The van der Waals surface area contributed by atoms with E-state index in [1.165, 1.54) is 12.1 Å². The lowest BCUT2D eigenvalue weighted by Gasteiger charge is -2.33. The lowest BCUT2D eigenvalue weighted by molar-refractivity contribution is -0.126. The number of carbonyl (C=O) groups is 1. The molecule has 158 valence electrons. The number of benzene rings is 1. The molecule has 30 heavy (non-hydrogen) atoms. The number of nitrogens with zero attached hydrogens (tertiary/aromatic N) is 4. The van der Waals surface area contributed by atoms with E-state index >= 15 is 0 Å². The predicted molar refractivity (Wildman–Crippen MR) is 116 cm³/mol. The number of amides is 1. The average molecular weight is 410 g/mol. The molecule has 1 saturated heterocycles. The number of nitrogens with one attached hydrogen (secondary N) is 1. The summed E-state index contributed by atoms with van der Waals surface area (Å²) >= 11 is 0. The molecular formula is C23H28FN5O. The van der Waals surface area contributed by atoms with E-state index in [-0.39, 0.29) is 23.7 Å². The molecule has 7 heteroatoms. The van der Waals surface area contributed by atoms with Crippen LogP contribution in [0.4, 0.5) is 10.2 Å². The Labute approximate surface area is 176 Å². The van der Waals surface area contributed by atoms with E-state index in [2.05, 4.69) is 22.1 Å². The third-order valence-electron chi connectivity index (χ3n) is 5.87. The van der Waals surface area contributed by atoms with Gasteiger partial charge in [-0.25, -0.2) is 9.37 Å². The van der Waals surface area contributed by atoms with Crippen molar-refractivity contribution in [1.29, 1.82) is 0 Å². The summed E-state index contributed by atoms with van der Waals surface area (Å²) in [6, 6.07) is 10.5. The average Bonchev–Trinajstić information content (AvgIpc) is 3.17. The second kappa shape index (κ2) is 8.42. The molecule has 1 aromatic carbocycles. The smallest absolute Gasteiger partial charge is 0.223 e. The van der Waals surface area contributed by atoms with Crippen LogP contribution in [0.2, 0.25) is 0 Å². The largest absolute Gasteiger partial charge is 0.356 e. The molecular weight excluding hydrogens is 381 g/mol. The van der Waals surface area contributed by atoms with Crippen molar-refractivity contribution in [2.45, 2.75) is 46.1 Å². The van der Waals surface area contributed by atoms with Gasteiger partial charge in [-0.2, -0.15) is 9.61 Å². The zero-order chi connectivity index (χ0) is 21.3. The Morgan fingerprint density at radius 3 is 2.60 bits per heavy atom. The molecule has 0 radical (unpaired) electrons. The van der Waals surface area contributed by atoms with E-state index in [9.17, 15) is 9.18 Å². The van der Waals surface area contributed by atoms with Gasteiger partial charge < -0.3 is 10.2 Å². The highest BCUT2D eigenvalue weighted by molar-refractivity contribution is 5.79. The standard InChI is InChI=1S/C23H28FN5O/c1-4-15(2)26-23(30)18-9-11-28(12-10-18)22-13-16(3)25-21-14-20(27-29(21)22)17-5-7-19(24)8-6-17/h5-8,13-15,18H,4,9-12H2,1-3H3,(H,26,30). The van der Waals surface area contributed by atoms with Gasteiger partial charge >= 0.3 is 0 Å². The molecule has 1 aliphatic heterocycles. The molecule has 3 heterocycles. The molecule has 0 aliphatic carbocycles. The van der Waals surface area contributed by atoms with E-state index in [4.69, 9.17) is 5.10 Å². The lowest BCUT2D eigenvalue weighted by atomic mass is 9.95. The van der Waals surface area contributed by atoms with Gasteiger partial charge in [0.1, 0.15) is 11.6 Å². The number of fused-ring (bicyclic) bond motifs is 1. The summed E-state index contributed by atoms with van der Waals surface area (Å²) in [7, 11) is 0. The summed E-state index contributed by atoms with van der Waals surface area (Å²) < 4.78 is 15.1. The molecule has 3 aromatic rings. The Balaban J connectivity index is 1.56. The van der Waals surface area contributed by atoms with E-state index in [0.717, 1.165) is 60.8 Å². The van der Waals surface area contributed by atoms with Gasteiger partial charge in [-0.15, -0.1) is 0 Å². The molecule has 1 aliphatic rings. The number of rotatable bonds is 5. The fourth-order valence-corrected chi connectivity index (χ4v) is 3.90. The first kappa shape index (κ1) is 20.3. The van der Waals surface area contributed by atoms with Crippen molar-refractivity contribution in [1.82, 2.24) is 19.9 Å². The third kappa shape index (κ3) is 4.15. The van der Waals surface area contributed by atoms with Gasteiger partial charge in [-0.1, -0.05) is 6.92 Å². The Kier molecular flexibility index (Phi) is 5.70. The summed E-state index contributed by atoms with van der Waals surface area (Å²) in [4.78, 5) is 19.4. The second-order valence-corrected chi connectivity index (χ2v) is 8.14. The minimum Gasteiger partial charge on any atom is -0.356 e. The fourth-order valence-electron chi connectivity index (χ4n) is 3.90. The number of halogens is 1. The van der Waals surface area contributed by atoms with E-state index in [1.54, 1.807) is 12.1 Å². The van der Waals surface area contributed by atoms with Crippen LogP contribution in [0.15, 0.2) is 36.4 Å². The zero-order valence-electron chi connectivity index (χ0n) is 17.7. The maximum atomic E-state index is 13.3. The summed E-state index contributed by atoms with van der Waals surface area (Å²) in [5, 5.41) is 7.85. The Morgan fingerprint density at radius 2 is 1.93 bits per heavy atom. The van der Waals surface area contributed by atoms with Crippen molar-refractivity contribution < 1.29 is 9.18 Å². The van der Waals surface area contributed by atoms with Crippen LogP contribution in [0.25, 0.3) is 16.9 Å². The number of aromatic nitrogens is 3. The van der Waals surface area contributed by atoms with Gasteiger partial charge in [0.25, 0.3) is 0 Å². The molecule has 0 bridgehead atoms. The maximum Gasteiger partial charge on any atom is 0.223 e. The van der Waals surface area contributed by atoms with Gasteiger partial charge in [-0.3, -0.25) is 4.79 Å². The summed E-state index contributed by atoms with van der Waals surface area (Å²) in [5.74, 6) is 0.933. The minimum atomic E-state index is -0.266. The highest BCUT2D eigenvalue weighted by Crippen LogP contribution is 2.27. The third-order valence-corrected chi connectivity index (χ3v) is 5.87. The Bertz CT molecular complexity index is 1040. The monoisotopic (exact) mass is 409 g/mol. The van der Waals surface area contributed by atoms with Gasteiger partial charge in [0, 0.05) is 48.4 Å². The molecule has 4 rings (SSSR count). The number of piperidine rings is 1. The van der Waals surface area contributed by atoms with Crippen LogP contribution in [-0.4, -0.2) is 39.6 Å². The molecule has 1 atom stereocenters. The first-order valence-corrected chi connectivity index (χ1v) is 10.6. The normalized spacial score (nSPS) is 16.1. The second-order valence-electron chi connectivity index (χ2n) is 8.14. The predicted octanol–water partition coefficient (Wildman–Crippen LogP) is 3.97. The molecule has 6 nitrogen and oxygen atoms in total. The van der Waals surface area contributed by atoms with E-state index < -0.39 is 0 Å². The number of carbonyl (C=O) groups excluding carboxylic acids is 1. The number of hydrogen-bond donors (Lipinski definition) is 1. The topological polar surface area (TPSA) is 62.5 Å². The quantitative estimate of drug-likeness (QED) is 0.693. The Hall–Kier alpha value is -2.96. The molecule has 0 spiro atoms. The first-order chi connectivity index (χ1) is 14.4. The van der Waals surface area contributed by atoms with Crippen molar-refractivity contribution in [3.05, 3.63) is 47.9 Å². The lowest BCUT2D eigenvalue weighted by Crippen LogP contribution is -2.43. The van der Waals surface area contributed by atoms with Crippen molar-refractivity contribution >= 4 is 17.4 Å². The highest BCUT2D eigenvalue weighted by Gasteiger charge is 2.27. The molecule has 1 fully saturated rings. The molecule has 1 N–H and O–H groups in total. The molecule has 0 saturated carbocycles. The summed E-state index contributed by atoms with van der Waals surface area (Å²) in [6.07, 6.45) is 2.57. The zero-order valence-corrected chi connectivity index (χ0v) is 17.7.